The Morgan fingerprint density at radius 1 is 1.17 bits per heavy atom. The number of carbonyl (C=O) groups is 1. The Kier molecular flexibility index (Phi) is 8.63. The molecule has 2 heterocycles. The largest absolute Gasteiger partial charge is 0.441 e. The molecule has 1 aliphatic rings. The summed E-state index contributed by atoms with van der Waals surface area (Å²) in [5.74, 6) is 1.23. The predicted octanol–water partition coefficient (Wildman–Crippen LogP) is 3.45. The molecule has 6 nitrogen and oxygen atoms in total. The number of amides is 1. The van der Waals surface area contributed by atoms with Gasteiger partial charge in [0.05, 0.1) is 11.4 Å². The summed E-state index contributed by atoms with van der Waals surface area (Å²) in [6, 6.07) is 8.09. The van der Waals surface area contributed by atoms with E-state index in [1.165, 1.54) is 31.2 Å². The van der Waals surface area contributed by atoms with Crippen LogP contribution >= 0.6 is 0 Å². The number of likely N-dealkylation sites (tertiary alicyclic amines) is 1. The molecule has 0 spiro atoms. The van der Waals surface area contributed by atoms with Crippen LogP contribution in [-0.4, -0.2) is 51.9 Å². The first-order chi connectivity index (χ1) is 14.5. The molecule has 0 saturated carbocycles. The van der Waals surface area contributed by atoms with Gasteiger partial charge in [0.2, 0.25) is 11.8 Å². The molecule has 2 aromatic rings. The van der Waals surface area contributed by atoms with Gasteiger partial charge in [-0.15, -0.1) is 0 Å². The summed E-state index contributed by atoms with van der Waals surface area (Å²) in [5, 5.41) is 2.91. The fourth-order valence-electron chi connectivity index (χ4n) is 3.68. The van der Waals surface area contributed by atoms with Crippen LogP contribution in [0.2, 0.25) is 0 Å². The number of hydrogen-bond acceptors (Lipinski definition) is 5. The number of carbonyl (C=O) groups excluding carboxylic acids is 1. The number of oxazole rings is 1. The fourth-order valence-corrected chi connectivity index (χ4v) is 4.75. The van der Waals surface area contributed by atoms with Crippen molar-refractivity contribution in [2.45, 2.75) is 51.7 Å². The molecular weight excluding hydrogens is 398 g/mol. The lowest BCUT2D eigenvalue weighted by atomic mass is 10.1. The second-order valence-corrected chi connectivity index (χ2v) is 9.36. The highest BCUT2D eigenvalue weighted by Gasteiger charge is 2.16. The Morgan fingerprint density at radius 3 is 2.53 bits per heavy atom. The summed E-state index contributed by atoms with van der Waals surface area (Å²) in [5.41, 5.74) is 2.81. The molecule has 1 aromatic heterocycles. The molecule has 1 N–H and O–H groups in total. The van der Waals surface area contributed by atoms with Gasteiger partial charge in [-0.25, -0.2) is 4.98 Å². The molecule has 3 rings (SSSR count). The van der Waals surface area contributed by atoms with Gasteiger partial charge >= 0.3 is 0 Å². The minimum Gasteiger partial charge on any atom is -0.441 e. The number of benzene rings is 1. The van der Waals surface area contributed by atoms with E-state index in [0.29, 0.717) is 23.9 Å². The van der Waals surface area contributed by atoms with E-state index in [0.717, 1.165) is 31.6 Å². The van der Waals surface area contributed by atoms with Crippen LogP contribution in [-0.2, 0) is 27.8 Å². The first-order valence-electron chi connectivity index (χ1n) is 10.9. The molecule has 0 radical (unpaired) electrons. The minimum absolute atomic E-state index is 0.00711. The minimum atomic E-state index is -1.32. The number of hydrogen-bond donors (Lipinski definition) is 1. The number of rotatable bonds is 9. The first-order valence-corrected chi connectivity index (χ1v) is 12.4. The molecule has 1 fully saturated rings. The molecule has 164 valence electrons. The van der Waals surface area contributed by atoms with Crippen LogP contribution in [0.5, 0.6) is 0 Å². The standard InChI is InChI=1S/C23H33N3O3S/c1-3-19-8-10-20(11-9-19)23-25-21(18(2)29-23)16-30(28)17-22(27)24-12-15-26-13-6-4-5-7-14-26/h8-11H,3-7,12-17H2,1-2H3,(H,24,27)/t30-/m1/s1. The number of aryl methyl sites for hydroxylation is 2. The SMILES string of the molecule is CCc1ccc(-c2nc(C[S@@](=O)CC(=O)NCCN3CCCCCC3)c(C)o2)cc1. The highest BCUT2D eigenvalue weighted by Crippen LogP contribution is 2.23. The van der Waals surface area contributed by atoms with Crippen molar-refractivity contribution in [1.82, 2.24) is 15.2 Å². The Bertz CT molecular complexity index is 840. The Labute approximate surface area is 181 Å². The van der Waals surface area contributed by atoms with Crippen LogP contribution < -0.4 is 5.32 Å². The van der Waals surface area contributed by atoms with Gasteiger partial charge in [0, 0.05) is 29.5 Å². The lowest BCUT2D eigenvalue weighted by Gasteiger charge is -2.19. The van der Waals surface area contributed by atoms with Crippen molar-refractivity contribution in [3.63, 3.8) is 0 Å². The maximum atomic E-state index is 12.5. The molecule has 1 saturated heterocycles. The number of aromatic nitrogens is 1. The molecule has 1 aromatic carbocycles. The van der Waals surface area contributed by atoms with Crippen LogP contribution in [0.3, 0.4) is 0 Å². The zero-order valence-electron chi connectivity index (χ0n) is 18.1. The van der Waals surface area contributed by atoms with E-state index >= 15 is 0 Å². The lowest BCUT2D eigenvalue weighted by Crippen LogP contribution is -2.37. The van der Waals surface area contributed by atoms with Crippen molar-refractivity contribution in [2.24, 2.45) is 0 Å². The quantitative estimate of drug-likeness (QED) is 0.658. The second kappa shape index (κ2) is 11.4. The average Bonchev–Trinajstić information content (AvgIpc) is 2.93. The van der Waals surface area contributed by atoms with Gasteiger partial charge in [-0.3, -0.25) is 9.00 Å². The molecule has 0 bridgehead atoms. The van der Waals surface area contributed by atoms with Gasteiger partial charge in [0.1, 0.15) is 11.5 Å². The monoisotopic (exact) mass is 431 g/mol. The lowest BCUT2D eigenvalue weighted by molar-refractivity contribution is -0.118. The summed E-state index contributed by atoms with van der Waals surface area (Å²) < 4.78 is 18.2. The van der Waals surface area contributed by atoms with Crippen LogP contribution in [0.4, 0.5) is 0 Å². The summed E-state index contributed by atoms with van der Waals surface area (Å²) in [7, 11) is -1.32. The van der Waals surface area contributed by atoms with Crippen molar-refractivity contribution in [3.8, 4) is 11.5 Å². The van der Waals surface area contributed by atoms with Gasteiger partial charge in [-0.1, -0.05) is 31.9 Å². The zero-order chi connectivity index (χ0) is 21.3. The van der Waals surface area contributed by atoms with Crippen molar-refractivity contribution in [1.29, 1.82) is 0 Å². The molecule has 1 amide bonds. The fraction of sp³-hybridized carbons (Fsp3) is 0.565. The third kappa shape index (κ3) is 6.77. The Balaban J connectivity index is 1.45. The van der Waals surface area contributed by atoms with E-state index in [1.54, 1.807) is 0 Å². The van der Waals surface area contributed by atoms with Gasteiger partial charge in [-0.2, -0.15) is 0 Å². The molecule has 30 heavy (non-hydrogen) atoms. The number of nitrogens with one attached hydrogen (secondary N) is 1. The Morgan fingerprint density at radius 2 is 1.87 bits per heavy atom. The van der Waals surface area contributed by atoms with Gasteiger partial charge in [0.25, 0.3) is 0 Å². The van der Waals surface area contributed by atoms with Crippen LogP contribution in [0.1, 0.15) is 49.6 Å². The van der Waals surface area contributed by atoms with Gasteiger partial charge < -0.3 is 14.6 Å². The first kappa shape index (κ1) is 22.7. The predicted molar refractivity (Wildman–Crippen MR) is 121 cm³/mol. The molecule has 1 aliphatic heterocycles. The molecule has 7 heteroatoms. The summed E-state index contributed by atoms with van der Waals surface area (Å²) in [4.78, 5) is 19.1. The van der Waals surface area contributed by atoms with Crippen LogP contribution in [0.25, 0.3) is 11.5 Å². The molecule has 0 aliphatic carbocycles. The summed E-state index contributed by atoms with van der Waals surface area (Å²) in [6.45, 7) is 7.62. The topological polar surface area (TPSA) is 75.4 Å². The number of nitrogens with zero attached hydrogens (tertiary/aromatic N) is 2. The average molecular weight is 432 g/mol. The van der Waals surface area contributed by atoms with Crippen molar-refractivity contribution >= 4 is 16.7 Å². The maximum absolute atomic E-state index is 12.5. The van der Waals surface area contributed by atoms with E-state index < -0.39 is 10.8 Å². The van der Waals surface area contributed by atoms with Crippen LogP contribution in [0, 0.1) is 6.92 Å². The van der Waals surface area contributed by atoms with Gasteiger partial charge in [0.15, 0.2) is 0 Å². The van der Waals surface area contributed by atoms with E-state index in [-0.39, 0.29) is 17.4 Å². The second-order valence-electron chi connectivity index (χ2n) is 7.91. The van der Waals surface area contributed by atoms with Crippen molar-refractivity contribution < 1.29 is 13.4 Å². The zero-order valence-corrected chi connectivity index (χ0v) is 18.9. The van der Waals surface area contributed by atoms with E-state index in [1.807, 2.05) is 19.1 Å². The van der Waals surface area contributed by atoms with E-state index in [4.69, 9.17) is 4.42 Å². The summed E-state index contributed by atoms with van der Waals surface area (Å²) in [6.07, 6.45) is 6.05. The normalized spacial score (nSPS) is 16.2. The highest BCUT2D eigenvalue weighted by atomic mass is 32.2. The van der Waals surface area contributed by atoms with Crippen LogP contribution in [0.15, 0.2) is 28.7 Å². The third-order valence-corrected chi connectivity index (χ3v) is 6.72. The smallest absolute Gasteiger partial charge is 0.232 e. The van der Waals surface area contributed by atoms with Crippen molar-refractivity contribution in [3.05, 3.63) is 41.3 Å². The molecule has 0 unspecified atom stereocenters. The summed E-state index contributed by atoms with van der Waals surface area (Å²) >= 11 is 0. The highest BCUT2D eigenvalue weighted by molar-refractivity contribution is 7.84. The van der Waals surface area contributed by atoms with E-state index in [2.05, 4.69) is 34.3 Å². The maximum Gasteiger partial charge on any atom is 0.232 e. The third-order valence-electron chi connectivity index (χ3n) is 5.54. The Hall–Kier alpha value is -1.99. The molecular formula is C23H33N3O3S. The van der Waals surface area contributed by atoms with Crippen molar-refractivity contribution in [2.75, 3.05) is 31.9 Å². The molecule has 1 atom stereocenters. The van der Waals surface area contributed by atoms with E-state index in [9.17, 15) is 9.00 Å². The van der Waals surface area contributed by atoms with Gasteiger partial charge in [-0.05, 0) is 57.0 Å².